The van der Waals surface area contributed by atoms with Crippen molar-refractivity contribution in [3.8, 4) is 17.2 Å². The molecule has 284 valence electrons. The average Bonchev–Trinajstić information content (AvgIpc) is 3.27. The predicted octanol–water partition coefficient (Wildman–Crippen LogP) is 10.2. The van der Waals surface area contributed by atoms with Gasteiger partial charge in [0.1, 0.15) is 16.5 Å². The Labute approximate surface area is 361 Å². The van der Waals surface area contributed by atoms with Gasteiger partial charge >= 0.3 is 0 Å². The molecule has 0 aliphatic carbocycles. The summed E-state index contributed by atoms with van der Waals surface area (Å²) in [5, 5.41) is 16.3. The highest BCUT2D eigenvalue weighted by atomic mass is 127. The van der Waals surface area contributed by atoms with Crippen molar-refractivity contribution in [3.05, 3.63) is 197 Å². The molecule has 10 heteroatoms. The Morgan fingerprint density at radius 1 is 0.542 bits per heavy atom. The lowest BCUT2D eigenvalue weighted by Gasteiger charge is -2.45. The molecule has 2 aliphatic rings. The number of benzene rings is 8. The van der Waals surface area contributed by atoms with Gasteiger partial charge < -0.3 is 9.80 Å². The van der Waals surface area contributed by atoms with Gasteiger partial charge in [-0.05, 0) is 116 Å². The van der Waals surface area contributed by atoms with Crippen LogP contribution >= 0.6 is 34.4 Å². The maximum atomic E-state index is 13.1. The van der Waals surface area contributed by atoms with Crippen LogP contribution < -0.4 is 30.5 Å². The van der Waals surface area contributed by atoms with Crippen LogP contribution in [-0.4, -0.2) is 21.0 Å². The van der Waals surface area contributed by atoms with E-state index < -0.39 is 18.2 Å². The molecule has 2 aliphatic heterocycles. The van der Waals surface area contributed by atoms with Crippen molar-refractivity contribution in [1.29, 1.82) is 5.26 Å². The zero-order valence-corrected chi connectivity index (χ0v) is 36.0. The molecule has 59 heavy (non-hydrogen) atoms. The van der Waals surface area contributed by atoms with E-state index in [4.69, 9.17) is 0 Å². The zero-order chi connectivity index (χ0) is 40.3. The molecule has 0 atom stereocenters. The van der Waals surface area contributed by atoms with Gasteiger partial charge in [0, 0.05) is 30.3 Å². The molecule has 0 spiro atoms. The van der Waals surface area contributed by atoms with Crippen LogP contribution in [0.3, 0.4) is 0 Å². The Bertz CT molecular complexity index is 2990. The molecule has 0 unspecified atom stereocenters. The van der Waals surface area contributed by atoms with Crippen molar-refractivity contribution < 1.29 is 13.0 Å². The zero-order valence-electron chi connectivity index (χ0n) is 31.2. The van der Waals surface area contributed by atoms with Crippen molar-refractivity contribution in [3.63, 3.8) is 0 Å². The van der Waals surface area contributed by atoms with Gasteiger partial charge in [-0.3, -0.25) is 4.55 Å². The molecule has 0 amide bonds. The van der Waals surface area contributed by atoms with E-state index in [0.717, 1.165) is 46.5 Å². The van der Waals surface area contributed by atoms with Gasteiger partial charge in [-0.1, -0.05) is 133 Å². The van der Waals surface area contributed by atoms with Crippen LogP contribution in [0.1, 0.15) is 5.56 Å². The lowest BCUT2D eigenvalue weighted by molar-refractivity contribution is 0.483. The van der Waals surface area contributed by atoms with Gasteiger partial charge in [0.2, 0.25) is 0 Å². The third-order valence-corrected chi connectivity index (χ3v) is 18.7. The standard InChI is InChI=1S/C49H32IN3O3S2Si/c50-34-27-28-47(58(54,55)56)37(31-34)33-29-43(52-39-19-7-11-23-45(39)57-46-24-12-8-20-40(46)52)38(32-51)44(30-33)53-41-21-9-13-25-48(41)59(35-15-3-1-4-16-35,36-17-5-2-6-18-36)49-26-14-10-22-42(49)53/h1-31H,(H,54,55,56). The minimum atomic E-state index is -4.65. The van der Waals surface area contributed by atoms with Crippen molar-refractivity contribution in [1.82, 2.24) is 0 Å². The Hall–Kier alpha value is -5.94. The molecule has 1 N–H and O–H groups in total. The molecule has 0 saturated carbocycles. The summed E-state index contributed by atoms with van der Waals surface area (Å²) in [5.41, 5.74) is 6.07. The summed E-state index contributed by atoms with van der Waals surface area (Å²) < 4.78 is 37.7. The molecular weight excluding hydrogens is 898 g/mol. The van der Waals surface area contributed by atoms with Gasteiger partial charge in [-0.25, -0.2) is 0 Å². The van der Waals surface area contributed by atoms with Crippen LogP contribution in [-0.2, 0) is 10.1 Å². The topological polar surface area (TPSA) is 84.6 Å². The molecule has 8 aromatic carbocycles. The van der Waals surface area contributed by atoms with Gasteiger partial charge in [-0.2, -0.15) is 13.7 Å². The fourth-order valence-electron chi connectivity index (χ4n) is 8.82. The van der Waals surface area contributed by atoms with Crippen LogP contribution in [0.2, 0.25) is 0 Å². The van der Waals surface area contributed by atoms with Gasteiger partial charge in [0.25, 0.3) is 10.1 Å². The SMILES string of the molecule is N#Cc1c(N2c3ccccc3Sc3ccccc32)cc(-c2cc(I)ccc2S(=O)(=O)O)cc1N1c2ccccc2[Si](c2ccccc2)(c2ccccc2)c2ccccc21. The van der Waals surface area contributed by atoms with E-state index in [-0.39, 0.29) is 4.90 Å². The number of nitrogens with zero attached hydrogens (tertiary/aromatic N) is 3. The van der Waals surface area contributed by atoms with E-state index in [2.05, 4.69) is 148 Å². The first-order valence-corrected chi connectivity index (χ1v) is 24.2. The van der Waals surface area contributed by atoms with Crippen molar-refractivity contribution in [2.45, 2.75) is 14.7 Å². The molecule has 6 nitrogen and oxygen atoms in total. The quantitative estimate of drug-likeness (QED) is 0.101. The summed E-state index contributed by atoms with van der Waals surface area (Å²) in [5.74, 6) is 0. The minimum absolute atomic E-state index is 0.214. The second-order valence-electron chi connectivity index (χ2n) is 14.3. The first-order chi connectivity index (χ1) is 28.8. The molecule has 0 aromatic heterocycles. The van der Waals surface area contributed by atoms with Crippen molar-refractivity contribution in [2.75, 3.05) is 9.80 Å². The van der Waals surface area contributed by atoms with E-state index in [1.54, 1.807) is 23.9 Å². The molecule has 0 bridgehead atoms. The Morgan fingerprint density at radius 3 is 1.47 bits per heavy atom. The number of nitriles is 1. The monoisotopic (exact) mass is 929 g/mol. The van der Waals surface area contributed by atoms with E-state index in [1.165, 1.54) is 16.4 Å². The average molecular weight is 930 g/mol. The first kappa shape index (κ1) is 37.3. The second-order valence-corrected chi connectivity index (χ2v) is 21.8. The number of hydrogen-bond donors (Lipinski definition) is 1. The maximum absolute atomic E-state index is 13.1. The number of para-hydroxylation sites is 4. The maximum Gasteiger partial charge on any atom is 0.295 e. The molecule has 0 fully saturated rings. The minimum Gasteiger partial charge on any atom is -0.309 e. The largest absolute Gasteiger partial charge is 0.309 e. The molecule has 0 saturated heterocycles. The van der Waals surface area contributed by atoms with Crippen molar-refractivity contribution in [2.24, 2.45) is 0 Å². The van der Waals surface area contributed by atoms with Crippen LogP contribution in [0.25, 0.3) is 11.1 Å². The number of fused-ring (bicyclic) bond motifs is 4. The summed E-state index contributed by atoms with van der Waals surface area (Å²) >= 11 is 3.83. The van der Waals surface area contributed by atoms with Gasteiger partial charge in [-0.15, -0.1) is 0 Å². The van der Waals surface area contributed by atoms with E-state index in [1.807, 2.05) is 60.7 Å². The van der Waals surface area contributed by atoms with Crippen LogP contribution in [0.4, 0.5) is 34.1 Å². The Morgan fingerprint density at radius 2 is 0.983 bits per heavy atom. The number of hydrogen-bond acceptors (Lipinski definition) is 6. The summed E-state index contributed by atoms with van der Waals surface area (Å²) in [6.07, 6.45) is 0. The predicted molar refractivity (Wildman–Crippen MR) is 250 cm³/mol. The lowest BCUT2D eigenvalue weighted by Crippen LogP contribution is -2.77. The molecule has 0 radical (unpaired) electrons. The third kappa shape index (κ3) is 6.03. The number of halogens is 1. The third-order valence-electron chi connectivity index (χ3n) is 11.2. The highest BCUT2D eigenvalue weighted by Crippen LogP contribution is 2.54. The summed E-state index contributed by atoms with van der Waals surface area (Å²) in [4.78, 5) is 6.12. The fraction of sp³-hybridized carbons (Fsp3) is 0. The van der Waals surface area contributed by atoms with E-state index >= 15 is 0 Å². The number of anilines is 6. The van der Waals surface area contributed by atoms with Crippen molar-refractivity contribution >= 4 is 107 Å². The fourth-order valence-corrected chi connectivity index (χ4v) is 16.2. The molecule has 2 heterocycles. The molecule has 8 aromatic rings. The highest BCUT2D eigenvalue weighted by Gasteiger charge is 2.49. The summed E-state index contributed by atoms with van der Waals surface area (Å²) in [7, 11) is -7.64. The van der Waals surface area contributed by atoms with E-state index in [0.29, 0.717) is 28.1 Å². The number of rotatable bonds is 6. The van der Waals surface area contributed by atoms with E-state index in [9.17, 15) is 18.2 Å². The molecular formula is C49H32IN3O3S2Si. The summed E-state index contributed by atoms with van der Waals surface area (Å²) in [6, 6.07) is 66.0. The lowest BCUT2D eigenvalue weighted by atomic mass is 9.97. The molecule has 10 rings (SSSR count). The van der Waals surface area contributed by atoms with Crippen LogP contribution in [0.5, 0.6) is 0 Å². The Balaban J connectivity index is 1.35. The normalized spacial score (nSPS) is 13.7. The first-order valence-electron chi connectivity index (χ1n) is 18.9. The van der Waals surface area contributed by atoms with Gasteiger partial charge in [0.05, 0.1) is 22.7 Å². The van der Waals surface area contributed by atoms with Gasteiger partial charge in [0.15, 0.2) is 8.07 Å². The van der Waals surface area contributed by atoms with Crippen LogP contribution in [0.15, 0.2) is 203 Å². The smallest absolute Gasteiger partial charge is 0.295 e. The Kier molecular flexibility index (Phi) is 9.31. The second kappa shape index (κ2) is 14.7. The summed E-state index contributed by atoms with van der Waals surface area (Å²) in [6.45, 7) is 0. The van der Waals surface area contributed by atoms with Crippen LogP contribution in [0, 0.1) is 14.9 Å². The highest BCUT2D eigenvalue weighted by molar-refractivity contribution is 14.1.